The number of hydrogen-bond donors (Lipinski definition) is 1. The number of amides is 1. The van der Waals surface area contributed by atoms with Gasteiger partial charge in [0.1, 0.15) is 5.75 Å². The van der Waals surface area contributed by atoms with Gasteiger partial charge < -0.3 is 10.1 Å². The van der Waals surface area contributed by atoms with Crippen molar-refractivity contribution < 1.29 is 18.3 Å². The maximum absolute atomic E-state index is 12.3. The van der Waals surface area contributed by atoms with Crippen LogP contribution in [-0.4, -0.2) is 12.5 Å². The van der Waals surface area contributed by atoms with Crippen LogP contribution in [0.2, 0.25) is 0 Å². The monoisotopic (exact) mass is 313 g/mol. The Bertz CT molecular complexity index is 764. The molecule has 0 aromatic heterocycles. The lowest BCUT2D eigenvalue weighted by atomic mass is 10.2. The topological polar surface area (TPSA) is 38.3 Å². The van der Waals surface area contributed by atoms with Crippen LogP contribution in [0.3, 0.4) is 0 Å². The zero-order valence-electron chi connectivity index (χ0n) is 12.0. The maximum Gasteiger partial charge on any atom is 0.387 e. The number of terminal acetylenes is 1. The highest BCUT2D eigenvalue weighted by Gasteiger charge is 2.07. The number of benzene rings is 2. The molecule has 23 heavy (non-hydrogen) atoms. The third-order valence-corrected chi connectivity index (χ3v) is 2.85. The van der Waals surface area contributed by atoms with E-state index in [0.29, 0.717) is 16.8 Å². The Morgan fingerprint density at radius 3 is 2.74 bits per heavy atom. The number of rotatable bonds is 5. The average Bonchev–Trinajstić information content (AvgIpc) is 2.53. The molecule has 0 radical (unpaired) electrons. The number of para-hydroxylation sites is 1. The summed E-state index contributed by atoms with van der Waals surface area (Å²) in [6.45, 7) is -2.93. The fraction of sp³-hybridized carbons (Fsp3) is 0.0556. The van der Waals surface area contributed by atoms with Crippen molar-refractivity contribution in [3.63, 3.8) is 0 Å². The Morgan fingerprint density at radius 2 is 2.00 bits per heavy atom. The number of halogens is 2. The van der Waals surface area contributed by atoms with Crippen LogP contribution in [0.1, 0.15) is 11.1 Å². The molecule has 2 aromatic rings. The van der Waals surface area contributed by atoms with Crippen LogP contribution in [-0.2, 0) is 4.79 Å². The van der Waals surface area contributed by atoms with Gasteiger partial charge in [0.15, 0.2) is 0 Å². The summed E-state index contributed by atoms with van der Waals surface area (Å²) in [5.74, 6) is 2.06. The molecule has 0 bridgehead atoms. The van der Waals surface area contributed by atoms with Crippen molar-refractivity contribution in [2.24, 2.45) is 0 Å². The summed E-state index contributed by atoms with van der Waals surface area (Å²) in [5.41, 5.74) is 1.56. The van der Waals surface area contributed by atoms with Crippen LogP contribution < -0.4 is 10.1 Å². The molecule has 0 unspecified atom stereocenters. The number of nitrogens with one attached hydrogen (secondary N) is 1. The lowest BCUT2D eigenvalue weighted by Crippen LogP contribution is -2.08. The number of hydrogen-bond acceptors (Lipinski definition) is 2. The molecule has 1 N–H and O–H groups in total. The Kier molecular flexibility index (Phi) is 5.48. The third-order valence-electron chi connectivity index (χ3n) is 2.85. The van der Waals surface area contributed by atoms with Crippen molar-refractivity contribution in [3.05, 3.63) is 65.7 Å². The van der Waals surface area contributed by atoms with Gasteiger partial charge in [-0.3, -0.25) is 4.79 Å². The summed E-state index contributed by atoms with van der Waals surface area (Å²) in [6, 6.07) is 13.0. The van der Waals surface area contributed by atoms with E-state index in [1.54, 1.807) is 42.5 Å². The van der Waals surface area contributed by atoms with E-state index in [9.17, 15) is 13.6 Å². The lowest BCUT2D eigenvalue weighted by molar-refractivity contribution is -0.111. The average molecular weight is 313 g/mol. The summed E-state index contributed by atoms with van der Waals surface area (Å²) >= 11 is 0. The van der Waals surface area contributed by atoms with Gasteiger partial charge in [0, 0.05) is 22.9 Å². The Hall–Kier alpha value is -3.13. The highest BCUT2D eigenvalue weighted by atomic mass is 19.3. The van der Waals surface area contributed by atoms with Crippen LogP contribution in [0.5, 0.6) is 5.75 Å². The number of anilines is 1. The number of carbonyl (C=O) groups is 1. The minimum absolute atomic E-state index is 0.000814. The quantitative estimate of drug-likeness (QED) is 0.671. The first kappa shape index (κ1) is 16.2. The van der Waals surface area contributed by atoms with E-state index >= 15 is 0 Å². The largest absolute Gasteiger partial charge is 0.434 e. The third kappa shape index (κ3) is 4.97. The lowest BCUT2D eigenvalue weighted by Gasteiger charge is -2.07. The van der Waals surface area contributed by atoms with E-state index in [1.807, 2.05) is 0 Å². The van der Waals surface area contributed by atoms with Gasteiger partial charge in [0.05, 0.1) is 0 Å². The van der Waals surface area contributed by atoms with E-state index in [-0.39, 0.29) is 5.75 Å². The van der Waals surface area contributed by atoms with Gasteiger partial charge in [0.2, 0.25) is 5.91 Å². The molecule has 0 aliphatic rings. The highest BCUT2D eigenvalue weighted by molar-refractivity contribution is 6.02. The zero-order chi connectivity index (χ0) is 16.7. The predicted octanol–water partition coefficient (Wildman–Crippen LogP) is 3.92. The van der Waals surface area contributed by atoms with Gasteiger partial charge in [-0.1, -0.05) is 30.2 Å². The predicted molar refractivity (Wildman–Crippen MR) is 85.1 cm³/mol. The van der Waals surface area contributed by atoms with Crippen LogP contribution >= 0.6 is 0 Å². The van der Waals surface area contributed by atoms with Crippen molar-refractivity contribution in [2.45, 2.75) is 6.61 Å². The molecular formula is C18H13F2NO2. The number of carbonyl (C=O) groups excluding carboxylic acids is 1. The SMILES string of the molecule is C#Cc1cccc(NC(=O)C=Cc2ccccc2OC(F)F)c1. The smallest absolute Gasteiger partial charge is 0.387 e. The minimum Gasteiger partial charge on any atom is -0.434 e. The molecule has 0 saturated heterocycles. The van der Waals surface area contributed by atoms with Crippen molar-refractivity contribution >= 4 is 17.7 Å². The second kappa shape index (κ2) is 7.76. The minimum atomic E-state index is -2.93. The number of alkyl halides is 2. The summed E-state index contributed by atoms with van der Waals surface area (Å²) in [4.78, 5) is 11.9. The first-order valence-electron chi connectivity index (χ1n) is 6.68. The normalized spacial score (nSPS) is 10.5. The zero-order valence-corrected chi connectivity index (χ0v) is 12.0. The Labute approximate surface area is 132 Å². The molecule has 3 nitrogen and oxygen atoms in total. The van der Waals surface area contributed by atoms with Gasteiger partial charge in [-0.25, -0.2) is 0 Å². The van der Waals surface area contributed by atoms with Crippen molar-refractivity contribution in [2.75, 3.05) is 5.32 Å². The summed E-state index contributed by atoms with van der Waals surface area (Å²) in [7, 11) is 0. The molecule has 0 atom stereocenters. The molecule has 116 valence electrons. The van der Waals surface area contributed by atoms with E-state index < -0.39 is 12.5 Å². The molecule has 1 amide bonds. The van der Waals surface area contributed by atoms with E-state index in [4.69, 9.17) is 6.42 Å². The standard InChI is InChI=1S/C18H13F2NO2/c1-2-13-6-5-8-15(12-13)21-17(22)11-10-14-7-3-4-9-16(14)23-18(19)20/h1,3-12,18H,(H,21,22). The maximum atomic E-state index is 12.3. The highest BCUT2D eigenvalue weighted by Crippen LogP contribution is 2.21. The summed E-state index contributed by atoms with van der Waals surface area (Å²) < 4.78 is 29.0. The fourth-order valence-corrected chi connectivity index (χ4v) is 1.86. The van der Waals surface area contributed by atoms with Gasteiger partial charge in [0.25, 0.3) is 0 Å². The van der Waals surface area contributed by atoms with Crippen LogP contribution in [0.15, 0.2) is 54.6 Å². The molecule has 0 fully saturated rings. The molecule has 0 spiro atoms. The summed E-state index contributed by atoms with van der Waals surface area (Å²) in [6.07, 6.45) is 7.92. The Morgan fingerprint density at radius 1 is 1.22 bits per heavy atom. The van der Waals surface area contributed by atoms with Crippen molar-refractivity contribution in [3.8, 4) is 18.1 Å². The molecule has 0 saturated carbocycles. The molecule has 0 aliphatic carbocycles. The van der Waals surface area contributed by atoms with Crippen molar-refractivity contribution in [1.82, 2.24) is 0 Å². The number of ether oxygens (including phenoxy) is 1. The van der Waals surface area contributed by atoms with Gasteiger partial charge >= 0.3 is 6.61 Å². The first-order chi connectivity index (χ1) is 11.1. The fourth-order valence-electron chi connectivity index (χ4n) is 1.86. The second-order valence-corrected chi connectivity index (χ2v) is 4.46. The van der Waals surface area contributed by atoms with Gasteiger partial charge in [-0.05, 0) is 30.3 Å². The Balaban J connectivity index is 2.08. The van der Waals surface area contributed by atoms with Crippen LogP contribution in [0.4, 0.5) is 14.5 Å². The van der Waals surface area contributed by atoms with E-state index in [0.717, 1.165) is 0 Å². The van der Waals surface area contributed by atoms with Crippen LogP contribution in [0, 0.1) is 12.3 Å². The van der Waals surface area contributed by atoms with E-state index in [1.165, 1.54) is 18.2 Å². The molecular weight excluding hydrogens is 300 g/mol. The van der Waals surface area contributed by atoms with Crippen LogP contribution in [0.25, 0.3) is 6.08 Å². The molecule has 2 rings (SSSR count). The van der Waals surface area contributed by atoms with E-state index in [2.05, 4.69) is 16.0 Å². The molecule has 2 aromatic carbocycles. The first-order valence-corrected chi connectivity index (χ1v) is 6.68. The van der Waals surface area contributed by atoms with Gasteiger partial charge in [-0.15, -0.1) is 6.42 Å². The van der Waals surface area contributed by atoms with Gasteiger partial charge in [-0.2, -0.15) is 8.78 Å². The summed E-state index contributed by atoms with van der Waals surface area (Å²) in [5, 5.41) is 2.64. The molecule has 0 heterocycles. The van der Waals surface area contributed by atoms with Crippen molar-refractivity contribution in [1.29, 1.82) is 0 Å². The molecule has 5 heteroatoms. The second-order valence-electron chi connectivity index (χ2n) is 4.46. The molecule has 0 aliphatic heterocycles.